The Morgan fingerprint density at radius 1 is 1.33 bits per heavy atom. The molecule has 0 spiro atoms. The van der Waals surface area contributed by atoms with Gasteiger partial charge in [-0.05, 0) is 12.0 Å². The summed E-state index contributed by atoms with van der Waals surface area (Å²) >= 11 is 0. The summed E-state index contributed by atoms with van der Waals surface area (Å²) in [6.07, 6.45) is 1.82. The number of nitrogens with zero attached hydrogens (tertiary/aromatic N) is 1. The van der Waals surface area contributed by atoms with Crippen molar-refractivity contribution < 1.29 is 9.47 Å². The molecular formula is C13H22N2O3. The average molecular weight is 254 g/mol. The summed E-state index contributed by atoms with van der Waals surface area (Å²) in [4.78, 5) is 11.6. The zero-order chi connectivity index (χ0) is 13.4. The summed E-state index contributed by atoms with van der Waals surface area (Å²) in [5.41, 5.74) is 0.927. The molecule has 0 amide bonds. The van der Waals surface area contributed by atoms with Crippen LogP contribution in [0.4, 0.5) is 5.69 Å². The fourth-order valence-electron chi connectivity index (χ4n) is 1.64. The molecule has 1 rings (SSSR count). The molecule has 1 N–H and O–H groups in total. The number of nitrogens with one attached hydrogen (secondary N) is 1. The number of anilines is 1. The van der Waals surface area contributed by atoms with E-state index in [4.69, 9.17) is 9.47 Å². The van der Waals surface area contributed by atoms with Crippen molar-refractivity contribution in [3.05, 3.63) is 28.7 Å². The highest BCUT2D eigenvalue weighted by atomic mass is 16.5. The Morgan fingerprint density at radius 3 is 2.78 bits per heavy atom. The van der Waals surface area contributed by atoms with Crippen LogP contribution in [0.25, 0.3) is 0 Å². The van der Waals surface area contributed by atoms with Crippen molar-refractivity contribution in [2.24, 2.45) is 5.92 Å². The number of methoxy groups -OCH3 is 2. The summed E-state index contributed by atoms with van der Waals surface area (Å²) in [7, 11) is 3.32. The normalized spacial score (nSPS) is 12.4. The molecule has 5 heteroatoms. The molecule has 1 aromatic heterocycles. The first kappa shape index (κ1) is 14.7. The molecule has 0 saturated heterocycles. The molecule has 5 nitrogen and oxygen atoms in total. The fraction of sp³-hybridized carbons (Fsp3) is 0.615. The van der Waals surface area contributed by atoms with Crippen molar-refractivity contribution in [2.45, 2.75) is 13.5 Å². The van der Waals surface area contributed by atoms with Gasteiger partial charge in [0.25, 0.3) is 5.56 Å². The van der Waals surface area contributed by atoms with E-state index in [0.717, 1.165) is 18.8 Å². The summed E-state index contributed by atoms with van der Waals surface area (Å²) < 4.78 is 11.7. The van der Waals surface area contributed by atoms with Gasteiger partial charge in [0.1, 0.15) is 0 Å². The van der Waals surface area contributed by atoms with E-state index in [1.165, 1.54) is 0 Å². The minimum atomic E-state index is -0.0115. The maximum absolute atomic E-state index is 11.6. The monoisotopic (exact) mass is 254 g/mol. The highest BCUT2D eigenvalue weighted by molar-refractivity contribution is 5.40. The number of ether oxygens (including phenoxy) is 2. The third-order valence-electron chi connectivity index (χ3n) is 2.63. The van der Waals surface area contributed by atoms with Gasteiger partial charge >= 0.3 is 0 Å². The van der Waals surface area contributed by atoms with Crippen LogP contribution in [0, 0.1) is 5.92 Å². The molecule has 0 aromatic carbocycles. The molecule has 1 atom stereocenters. The van der Waals surface area contributed by atoms with Crippen LogP contribution in [0.3, 0.4) is 0 Å². The minimum Gasteiger partial charge on any atom is -0.384 e. The van der Waals surface area contributed by atoms with Gasteiger partial charge in [-0.15, -0.1) is 0 Å². The zero-order valence-corrected chi connectivity index (χ0v) is 11.3. The van der Waals surface area contributed by atoms with Crippen molar-refractivity contribution in [1.29, 1.82) is 0 Å². The second-order valence-electron chi connectivity index (χ2n) is 4.38. The van der Waals surface area contributed by atoms with Crippen LogP contribution in [-0.2, 0) is 16.0 Å². The molecular weight excluding hydrogens is 232 g/mol. The second-order valence-corrected chi connectivity index (χ2v) is 4.38. The molecule has 1 aromatic rings. The Balaban J connectivity index is 2.58. The van der Waals surface area contributed by atoms with E-state index in [1.54, 1.807) is 30.9 Å². The smallest absolute Gasteiger partial charge is 0.250 e. The van der Waals surface area contributed by atoms with Crippen molar-refractivity contribution in [2.75, 3.05) is 39.3 Å². The van der Waals surface area contributed by atoms with Gasteiger partial charge in [0, 0.05) is 39.6 Å². The molecule has 0 aliphatic carbocycles. The SMILES string of the molecule is COCCn1cc(NCC(C)COC)ccc1=O. The van der Waals surface area contributed by atoms with E-state index in [1.807, 2.05) is 6.20 Å². The third-order valence-corrected chi connectivity index (χ3v) is 2.63. The maximum Gasteiger partial charge on any atom is 0.250 e. The lowest BCUT2D eigenvalue weighted by molar-refractivity contribution is 0.164. The van der Waals surface area contributed by atoms with E-state index in [0.29, 0.717) is 19.1 Å². The standard InChI is InChI=1S/C13H22N2O3/c1-11(10-18-3)8-14-12-4-5-13(16)15(9-12)6-7-17-2/h4-5,9,11,14H,6-8,10H2,1-3H3. The van der Waals surface area contributed by atoms with E-state index >= 15 is 0 Å². The lowest BCUT2D eigenvalue weighted by atomic mass is 10.2. The lowest BCUT2D eigenvalue weighted by Crippen LogP contribution is -2.22. The summed E-state index contributed by atoms with van der Waals surface area (Å²) in [5.74, 6) is 0.425. The van der Waals surface area contributed by atoms with Crippen LogP contribution in [0.1, 0.15) is 6.92 Å². The van der Waals surface area contributed by atoms with Crippen LogP contribution in [0.2, 0.25) is 0 Å². The minimum absolute atomic E-state index is 0.0115. The van der Waals surface area contributed by atoms with Crippen LogP contribution in [-0.4, -0.2) is 38.5 Å². The van der Waals surface area contributed by atoms with Gasteiger partial charge in [0.05, 0.1) is 18.9 Å². The Morgan fingerprint density at radius 2 is 2.11 bits per heavy atom. The quantitative estimate of drug-likeness (QED) is 0.757. The summed E-state index contributed by atoms with van der Waals surface area (Å²) in [6, 6.07) is 3.37. The molecule has 1 unspecified atom stereocenters. The average Bonchev–Trinajstić information content (AvgIpc) is 2.36. The largest absolute Gasteiger partial charge is 0.384 e. The molecule has 102 valence electrons. The number of pyridine rings is 1. The van der Waals surface area contributed by atoms with Crippen LogP contribution in [0.15, 0.2) is 23.1 Å². The van der Waals surface area contributed by atoms with Crippen molar-refractivity contribution in [3.63, 3.8) is 0 Å². The van der Waals surface area contributed by atoms with Crippen LogP contribution >= 0.6 is 0 Å². The third kappa shape index (κ3) is 4.89. The van der Waals surface area contributed by atoms with Crippen LogP contribution in [0.5, 0.6) is 0 Å². The molecule has 0 aliphatic rings. The molecule has 0 aliphatic heterocycles. The molecule has 1 heterocycles. The molecule has 0 fully saturated rings. The fourth-order valence-corrected chi connectivity index (χ4v) is 1.64. The Hall–Kier alpha value is -1.33. The first-order valence-electron chi connectivity index (χ1n) is 6.09. The molecule has 18 heavy (non-hydrogen) atoms. The van der Waals surface area contributed by atoms with Gasteiger partial charge in [0.15, 0.2) is 0 Å². The van der Waals surface area contributed by atoms with Crippen molar-refractivity contribution in [1.82, 2.24) is 4.57 Å². The van der Waals surface area contributed by atoms with Gasteiger partial charge in [-0.2, -0.15) is 0 Å². The van der Waals surface area contributed by atoms with Gasteiger partial charge < -0.3 is 19.4 Å². The zero-order valence-electron chi connectivity index (χ0n) is 11.3. The van der Waals surface area contributed by atoms with Crippen LogP contribution < -0.4 is 10.9 Å². The van der Waals surface area contributed by atoms with Gasteiger partial charge in [0.2, 0.25) is 0 Å². The maximum atomic E-state index is 11.6. The predicted molar refractivity (Wildman–Crippen MR) is 72.1 cm³/mol. The van der Waals surface area contributed by atoms with Gasteiger partial charge in [-0.1, -0.05) is 6.92 Å². The van der Waals surface area contributed by atoms with E-state index < -0.39 is 0 Å². The first-order chi connectivity index (χ1) is 8.67. The molecule has 0 bridgehead atoms. The topological polar surface area (TPSA) is 52.5 Å². The second kappa shape index (κ2) is 7.89. The highest BCUT2D eigenvalue weighted by Crippen LogP contribution is 2.05. The number of hydrogen-bond acceptors (Lipinski definition) is 4. The Bertz CT molecular complexity index is 403. The summed E-state index contributed by atoms with van der Waals surface area (Å²) in [6.45, 7) is 4.74. The van der Waals surface area contributed by atoms with E-state index in [9.17, 15) is 4.79 Å². The molecule has 0 saturated carbocycles. The summed E-state index contributed by atoms with van der Waals surface area (Å²) in [5, 5.41) is 3.29. The number of rotatable bonds is 8. The number of aromatic nitrogens is 1. The van der Waals surface area contributed by atoms with E-state index in [-0.39, 0.29) is 5.56 Å². The highest BCUT2D eigenvalue weighted by Gasteiger charge is 2.02. The van der Waals surface area contributed by atoms with Crippen molar-refractivity contribution >= 4 is 5.69 Å². The first-order valence-corrected chi connectivity index (χ1v) is 6.09. The van der Waals surface area contributed by atoms with Gasteiger partial charge in [-0.25, -0.2) is 0 Å². The van der Waals surface area contributed by atoms with Gasteiger partial charge in [-0.3, -0.25) is 4.79 Å². The predicted octanol–water partition coefficient (Wildman–Crippen LogP) is 1.19. The van der Waals surface area contributed by atoms with Crippen molar-refractivity contribution in [3.8, 4) is 0 Å². The van der Waals surface area contributed by atoms with E-state index in [2.05, 4.69) is 12.2 Å². The Kier molecular flexibility index (Phi) is 6.46. The number of hydrogen-bond donors (Lipinski definition) is 1. The molecule has 0 radical (unpaired) electrons. The Labute approximate surface area is 108 Å². The lowest BCUT2D eigenvalue weighted by Gasteiger charge is -2.13.